The molecule has 2 heterocycles. The minimum Gasteiger partial charge on any atom is -0.390 e. The summed E-state index contributed by atoms with van der Waals surface area (Å²) in [5, 5.41) is 9.39. The molecule has 6 heteroatoms. The van der Waals surface area contributed by atoms with E-state index in [0.29, 0.717) is 29.6 Å². The van der Waals surface area contributed by atoms with Crippen LogP contribution >= 0.6 is 0 Å². The number of aliphatic hydroxyl groups excluding tert-OH is 1. The fourth-order valence-corrected chi connectivity index (χ4v) is 4.60. The number of piperidine rings is 1. The van der Waals surface area contributed by atoms with Gasteiger partial charge in [-0.25, -0.2) is 8.42 Å². The van der Waals surface area contributed by atoms with Crippen LogP contribution in [0.25, 0.3) is 0 Å². The summed E-state index contributed by atoms with van der Waals surface area (Å²) in [6, 6.07) is 1.61. The second kappa shape index (κ2) is 6.94. The van der Waals surface area contributed by atoms with Crippen molar-refractivity contribution >= 4 is 10.0 Å². The Labute approximate surface area is 127 Å². The second-order valence-electron chi connectivity index (χ2n) is 5.80. The van der Waals surface area contributed by atoms with Gasteiger partial charge in [-0.15, -0.1) is 0 Å². The van der Waals surface area contributed by atoms with Crippen molar-refractivity contribution in [1.82, 2.24) is 8.87 Å². The largest absolute Gasteiger partial charge is 0.390 e. The highest BCUT2D eigenvalue weighted by molar-refractivity contribution is 7.89. The molecule has 1 fully saturated rings. The summed E-state index contributed by atoms with van der Waals surface area (Å²) in [4.78, 5) is 0.316. The molecule has 1 saturated heterocycles. The van der Waals surface area contributed by atoms with E-state index < -0.39 is 10.0 Å². The summed E-state index contributed by atoms with van der Waals surface area (Å²) in [5.41, 5.74) is 0.666. The monoisotopic (exact) mass is 314 g/mol. The van der Waals surface area contributed by atoms with Gasteiger partial charge in [-0.2, -0.15) is 4.31 Å². The Bertz CT molecular complexity index is 565. The molecule has 2 rings (SSSR count). The highest BCUT2D eigenvalue weighted by atomic mass is 32.2. The van der Waals surface area contributed by atoms with Crippen molar-refractivity contribution in [2.75, 3.05) is 13.1 Å². The maximum absolute atomic E-state index is 12.8. The molecule has 1 atom stereocenters. The molecule has 1 aliphatic heterocycles. The zero-order chi connectivity index (χ0) is 15.5. The molecule has 1 unspecified atom stereocenters. The Morgan fingerprint density at radius 1 is 1.38 bits per heavy atom. The van der Waals surface area contributed by atoms with Gasteiger partial charge < -0.3 is 9.67 Å². The molecular weight excluding hydrogens is 288 g/mol. The van der Waals surface area contributed by atoms with E-state index in [2.05, 4.69) is 6.92 Å². The fourth-order valence-electron chi connectivity index (χ4n) is 2.97. The van der Waals surface area contributed by atoms with Gasteiger partial charge in [-0.05, 0) is 31.2 Å². The van der Waals surface area contributed by atoms with Crippen molar-refractivity contribution in [3.63, 3.8) is 0 Å². The molecule has 21 heavy (non-hydrogen) atoms. The molecule has 120 valence electrons. The summed E-state index contributed by atoms with van der Waals surface area (Å²) in [6.07, 6.45) is 5.63. The van der Waals surface area contributed by atoms with Crippen molar-refractivity contribution in [3.8, 4) is 0 Å². The standard InChI is InChI=1S/C15H26N2O3S/c1-3-7-16-11-15(9-14(16)12-18)21(19,20)17-8-5-6-13(4-2)10-17/h9,11,13,18H,3-8,10,12H2,1-2H3. The summed E-state index contributed by atoms with van der Waals surface area (Å²) < 4.78 is 29.0. The Kier molecular flexibility index (Phi) is 5.46. The number of rotatable bonds is 6. The van der Waals surface area contributed by atoms with Crippen LogP contribution in [-0.2, 0) is 23.2 Å². The van der Waals surface area contributed by atoms with Gasteiger partial charge in [-0.3, -0.25) is 0 Å². The number of hydrogen-bond donors (Lipinski definition) is 1. The molecule has 1 N–H and O–H groups in total. The first-order valence-corrected chi connectivity index (χ1v) is 9.27. The van der Waals surface area contributed by atoms with Crippen LogP contribution in [0.1, 0.15) is 45.2 Å². The third-order valence-electron chi connectivity index (χ3n) is 4.28. The van der Waals surface area contributed by atoms with Crippen molar-refractivity contribution in [1.29, 1.82) is 0 Å². The zero-order valence-corrected chi connectivity index (χ0v) is 13.8. The van der Waals surface area contributed by atoms with Gasteiger partial charge in [0.2, 0.25) is 10.0 Å². The number of nitrogens with zero attached hydrogens (tertiary/aromatic N) is 2. The van der Waals surface area contributed by atoms with Crippen molar-refractivity contribution in [3.05, 3.63) is 18.0 Å². The first kappa shape index (κ1) is 16.5. The lowest BCUT2D eigenvalue weighted by atomic mass is 9.97. The lowest BCUT2D eigenvalue weighted by Crippen LogP contribution is -2.39. The normalized spacial score (nSPS) is 20.8. The second-order valence-corrected chi connectivity index (χ2v) is 7.74. The molecule has 0 aliphatic carbocycles. The van der Waals surface area contributed by atoms with Crippen LogP contribution in [0, 0.1) is 5.92 Å². The molecule has 1 aliphatic rings. The van der Waals surface area contributed by atoms with Crippen LogP contribution in [0.2, 0.25) is 0 Å². The smallest absolute Gasteiger partial charge is 0.244 e. The SMILES string of the molecule is CCCn1cc(S(=O)(=O)N2CCCC(CC)C2)cc1CO. The van der Waals surface area contributed by atoms with E-state index in [1.165, 1.54) is 0 Å². The Hall–Kier alpha value is -0.850. The van der Waals surface area contributed by atoms with Gasteiger partial charge in [-0.1, -0.05) is 20.3 Å². The molecule has 0 spiro atoms. The number of aryl methyl sites for hydroxylation is 1. The van der Waals surface area contributed by atoms with E-state index in [1.54, 1.807) is 16.6 Å². The van der Waals surface area contributed by atoms with Crippen LogP contribution in [0.15, 0.2) is 17.2 Å². The third kappa shape index (κ3) is 3.49. The molecule has 1 aromatic heterocycles. The maximum Gasteiger partial charge on any atom is 0.244 e. The van der Waals surface area contributed by atoms with E-state index in [1.807, 2.05) is 11.5 Å². The lowest BCUT2D eigenvalue weighted by molar-refractivity contribution is 0.261. The minimum atomic E-state index is -3.43. The quantitative estimate of drug-likeness (QED) is 0.875. The maximum atomic E-state index is 12.8. The highest BCUT2D eigenvalue weighted by Crippen LogP contribution is 2.26. The zero-order valence-electron chi connectivity index (χ0n) is 13.0. The summed E-state index contributed by atoms with van der Waals surface area (Å²) in [7, 11) is -3.43. The minimum absolute atomic E-state index is 0.132. The molecule has 0 aromatic carbocycles. The molecule has 0 bridgehead atoms. The number of sulfonamides is 1. The predicted octanol–water partition coefficient (Wildman–Crippen LogP) is 2.20. The number of aromatic nitrogens is 1. The Morgan fingerprint density at radius 2 is 2.14 bits per heavy atom. The van der Waals surface area contributed by atoms with Crippen molar-refractivity contribution in [2.45, 2.75) is 57.6 Å². The molecule has 1 aromatic rings. The van der Waals surface area contributed by atoms with Crippen LogP contribution in [0.3, 0.4) is 0 Å². The summed E-state index contributed by atoms with van der Waals surface area (Å²) in [6.45, 7) is 5.96. The van der Waals surface area contributed by atoms with Gasteiger partial charge in [0.15, 0.2) is 0 Å². The van der Waals surface area contributed by atoms with E-state index >= 15 is 0 Å². The first-order chi connectivity index (χ1) is 10.0. The average Bonchev–Trinajstić information content (AvgIpc) is 2.91. The van der Waals surface area contributed by atoms with Gasteiger partial charge >= 0.3 is 0 Å². The summed E-state index contributed by atoms with van der Waals surface area (Å²) >= 11 is 0. The Balaban J connectivity index is 2.26. The number of aliphatic hydroxyl groups is 1. The molecule has 5 nitrogen and oxygen atoms in total. The van der Waals surface area contributed by atoms with E-state index in [-0.39, 0.29) is 6.61 Å². The van der Waals surface area contributed by atoms with E-state index in [9.17, 15) is 13.5 Å². The predicted molar refractivity (Wildman–Crippen MR) is 82.4 cm³/mol. The third-order valence-corrected chi connectivity index (χ3v) is 6.11. The van der Waals surface area contributed by atoms with Gasteiger partial charge in [0.1, 0.15) is 4.90 Å². The van der Waals surface area contributed by atoms with Crippen LogP contribution in [-0.4, -0.2) is 35.5 Å². The van der Waals surface area contributed by atoms with Crippen molar-refractivity contribution < 1.29 is 13.5 Å². The van der Waals surface area contributed by atoms with Gasteiger partial charge in [0.05, 0.1) is 6.61 Å². The summed E-state index contributed by atoms with van der Waals surface area (Å²) in [5.74, 6) is 0.462. The fraction of sp³-hybridized carbons (Fsp3) is 0.733. The Morgan fingerprint density at radius 3 is 2.76 bits per heavy atom. The van der Waals surface area contributed by atoms with Gasteiger partial charge in [0, 0.05) is 31.5 Å². The number of hydrogen-bond acceptors (Lipinski definition) is 3. The highest BCUT2D eigenvalue weighted by Gasteiger charge is 2.30. The van der Waals surface area contributed by atoms with Crippen LogP contribution in [0.5, 0.6) is 0 Å². The van der Waals surface area contributed by atoms with E-state index in [4.69, 9.17) is 0 Å². The van der Waals surface area contributed by atoms with Crippen LogP contribution in [0.4, 0.5) is 0 Å². The molecule has 0 amide bonds. The molecular formula is C15H26N2O3S. The first-order valence-electron chi connectivity index (χ1n) is 7.83. The molecule has 0 radical (unpaired) electrons. The average molecular weight is 314 g/mol. The lowest BCUT2D eigenvalue weighted by Gasteiger charge is -2.31. The van der Waals surface area contributed by atoms with Crippen molar-refractivity contribution in [2.24, 2.45) is 5.92 Å². The molecule has 0 saturated carbocycles. The van der Waals surface area contributed by atoms with Crippen LogP contribution < -0.4 is 0 Å². The van der Waals surface area contributed by atoms with E-state index in [0.717, 1.165) is 32.2 Å². The topological polar surface area (TPSA) is 62.5 Å². The van der Waals surface area contributed by atoms with Gasteiger partial charge in [0.25, 0.3) is 0 Å².